The van der Waals surface area contributed by atoms with Gasteiger partial charge in [-0.2, -0.15) is 0 Å². The lowest BCUT2D eigenvalue weighted by molar-refractivity contribution is -0.384. The van der Waals surface area contributed by atoms with E-state index in [1.54, 1.807) is 0 Å². The van der Waals surface area contributed by atoms with Gasteiger partial charge in [-0.1, -0.05) is 11.6 Å². The van der Waals surface area contributed by atoms with Crippen molar-refractivity contribution in [2.75, 3.05) is 5.32 Å². The smallest absolute Gasteiger partial charge is 0.328 e. The topological polar surface area (TPSA) is 105 Å². The number of halogens is 1. The lowest BCUT2D eigenvalue weighted by Gasteiger charge is -2.21. The van der Waals surface area contributed by atoms with Crippen LogP contribution in [0.5, 0.6) is 0 Å². The van der Waals surface area contributed by atoms with Crippen molar-refractivity contribution in [1.82, 2.24) is 4.98 Å². The standard InChI is InChI=1S/C9H10ClN3O4/c1-9(2,8(14)15)12-7-6(13(16)17)3-5(10)4-11-7/h3-4H,1-2H3,(H,11,12)(H,14,15). The Hall–Kier alpha value is -1.89. The minimum absolute atomic E-state index is 0.107. The largest absolute Gasteiger partial charge is 0.480 e. The van der Waals surface area contributed by atoms with Crippen LogP contribution in [0.3, 0.4) is 0 Å². The molecule has 0 aliphatic rings. The third-order valence-electron chi connectivity index (χ3n) is 2.00. The molecule has 0 bridgehead atoms. The van der Waals surface area contributed by atoms with Crippen molar-refractivity contribution in [3.8, 4) is 0 Å². The third kappa shape index (κ3) is 3.04. The Bertz CT molecular complexity index is 475. The molecule has 92 valence electrons. The summed E-state index contributed by atoms with van der Waals surface area (Å²) in [7, 11) is 0. The minimum atomic E-state index is -1.37. The first kappa shape index (κ1) is 13.2. The van der Waals surface area contributed by atoms with Crippen LogP contribution in [0.15, 0.2) is 12.3 Å². The second-order valence-electron chi connectivity index (χ2n) is 3.83. The van der Waals surface area contributed by atoms with E-state index in [-0.39, 0.29) is 16.5 Å². The fraction of sp³-hybridized carbons (Fsp3) is 0.333. The number of rotatable bonds is 4. The molecule has 0 amide bonds. The molecule has 8 heteroatoms. The molecule has 0 saturated carbocycles. The molecule has 0 radical (unpaired) electrons. The predicted molar refractivity (Wildman–Crippen MR) is 61.2 cm³/mol. The van der Waals surface area contributed by atoms with Crippen LogP contribution in [0.25, 0.3) is 0 Å². The summed E-state index contributed by atoms with van der Waals surface area (Å²) < 4.78 is 0. The van der Waals surface area contributed by atoms with Crippen LogP contribution >= 0.6 is 11.6 Å². The maximum atomic E-state index is 10.9. The SMILES string of the molecule is CC(C)(Nc1ncc(Cl)cc1[N+](=O)[O-])C(=O)O. The summed E-state index contributed by atoms with van der Waals surface area (Å²) in [5, 5.41) is 22.2. The summed E-state index contributed by atoms with van der Waals surface area (Å²) in [6, 6.07) is 1.11. The van der Waals surface area contributed by atoms with E-state index in [1.807, 2.05) is 0 Å². The van der Waals surface area contributed by atoms with E-state index >= 15 is 0 Å². The molecule has 1 aromatic rings. The maximum Gasteiger partial charge on any atom is 0.328 e. The number of carboxylic acids is 1. The number of hydrogen-bond acceptors (Lipinski definition) is 5. The van der Waals surface area contributed by atoms with E-state index in [4.69, 9.17) is 16.7 Å². The van der Waals surface area contributed by atoms with Crippen LogP contribution in [0.4, 0.5) is 11.5 Å². The van der Waals surface area contributed by atoms with Gasteiger partial charge in [0.1, 0.15) is 5.54 Å². The quantitative estimate of drug-likeness (QED) is 0.632. The van der Waals surface area contributed by atoms with Gasteiger partial charge in [0.25, 0.3) is 0 Å². The van der Waals surface area contributed by atoms with Crippen molar-refractivity contribution >= 4 is 29.1 Å². The Kier molecular flexibility index (Phi) is 3.52. The Labute approximate surface area is 102 Å². The zero-order valence-electron chi connectivity index (χ0n) is 9.10. The first-order valence-corrected chi connectivity index (χ1v) is 4.93. The molecule has 1 heterocycles. The molecule has 1 rings (SSSR count). The van der Waals surface area contributed by atoms with Crippen LogP contribution in [-0.2, 0) is 4.79 Å². The highest BCUT2D eigenvalue weighted by Gasteiger charge is 2.30. The molecular weight excluding hydrogens is 250 g/mol. The van der Waals surface area contributed by atoms with Crippen LogP contribution in [0.1, 0.15) is 13.8 Å². The lowest BCUT2D eigenvalue weighted by atomic mass is 10.1. The van der Waals surface area contributed by atoms with Crippen molar-refractivity contribution in [2.45, 2.75) is 19.4 Å². The van der Waals surface area contributed by atoms with Gasteiger partial charge in [0.05, 0.1) is 9.95 Å². The van der Waals surface area contributed by atoms with Crippen molar-refractivity contribution in [3.63, 3.8) is 0 Å². The summed E-state index contributed by atoms with van der Waals surface area (Å²) in [5.74, 6) is -1.28. The summed E-state index contributed by atoms with van der Waals surface area (Å²) in [5.41, 5.74) is -1.74. The highest BCUT2D eigenvalue weighted by atomic mass is 35.5. The molecule has 0 spiro atoms. The molecule has 0 aliphatic heterocycles. The second kappa shape index (κ2) is 4.54. The highest BCUT2D eigenvalue weighted by molar-refractivity contribution is 6.30. The fourth-order valence-corrected chi connectivity index (χ4v) is 1.17. The molecule has 0 unspecified atom stereocenters. The molecule has 1 aromatic heterocycles. The maximum absolute atomic E-state index is 10.9. The van der Waals surface area contributed by atoms with Gasteiger partial charge in [-0.15, -0.1) is 0 Å². The average molecular weight is 260 g/mol. The molecule has 0 fully saturated rings. The molecule has 2 N–H and O–H groups in total. The number of nitrogens with one attached hydrogen (secondary N) is 1. The summed E-state index contributed by atoms with van der Waals surface area (Å²) in [6.07, 6.45) is 1.20. The van der Waals surface area contributed by atoms with Gasteiger partial charge in [0, 0.05) is 12.3 Å². The second-order valence-corrected chi connectivity index (χ2v) is 4.27. The van der Waals surface area contributed by atoms with Crippen LogP contribution in [0.2, 0.25) is 5.02 Å². The average Bonchev–Trinajstić information content (AvgIpc) is 2.19. The van der Waals surface area contributed by atoms with Crippen molar-refractivity contribution in [3.05, 3.63) is 27.4 Å². The van der Waals surface area contributed by atoms with Gasteiger partial charge in [0.15, 0.2) is 0 Å². The fourth-order valence-electron chi connectivity index (χ4n) is 1.01. The number of carbonyl (C=O) groups is 1. The number of carboxylic acid groups (broad SMARTS) is 1. The van der Waals surface area contributed by atoms with E-state index < -0.39 is 16.4 Å². The Morgan fingerprint density at radius 1 is 1.65 bits per heavy atom. The first-order valence-electron chi connectivity index (χ1n) is 4.55. The van der Waals surface area contributed by atoms with Gasteiger partial charge in [-0.3, -0.25) is 10.1 Å². The first-order chi connectivity index (χ1) is 7.74. The van der Waals surface area contributed by atoms with Crippen LogP contribution in [0, 0.1) is 10.1 Å². The highest BCUT2D eigenvalue weighted by Crippen LogP contribution is 2.27. The number of nitrogens with zero attached hydrogens (tertiary/aromatic N) is 2. The van der Waals surface area contributed by atoms with Gasteiger partial charge < -0.3 is 10.4 Å². The number of aliphatic carboxylic acids is 1. The molecule has 17 heavy (non-hydrogen) atoms. The Balaban J connectivity index is 3.15. The Morgan fingerprint density at radius 3 is 2.71 bits per heavy atom. The zero-order chi connectivity index (χ0) is 13.2. The van der Waals surface area contributed by atoms with Crippen molar-refractivity contribution in [1.29, 1.82) is 0 Å². The normalized spacial score (nSPS) is 11.0. The van der Waals surface area contributed by atoms with Gasteiger partial charge >= 0.3 is 11.7 Å². The lowest BCUT2D eigenvalue weighted by Crippen LogP contribution is -2.40. The number of anilines is 1. The monoisotopic (exact) mass is 259 g/mol. The predicted octanol–water partition coefficient (Wildman–Crippen LogP) is 1.92. The van der Waals surface area contributed by atoms with Crippen LogP contribution < -0.4 is 5.32 Å². The Morgan fingerprint density at radius 2 is 2.24 bits per heavy atom. The van der Waals surface area contributed by atoms with E-state index in [0.717, 1.165) is 6.07 Å². The molecular formula is C9H10ClN3O4. The van der Waals surface area contributed by atoms with Crippen molar-refractivity contribution in [2.24, 2.45) is 0 Å². The minimum Gasteiger partial charge on any atom is -0.480 e. The van der Waals surface area contributed by atoms with Gasteiger partial charge in [-0.25, -0.2) is 9.78 Å². The van der Waals surface area contributed by atoms with E-state index in [2.05, 4.69) is 10.3 Å². The molecule has 0 atom stereocenters. The number of aromatic nitrogens is 1. The summed E-state index contributed by atoms with van der Waals surface area (Å²) in [4.78, 5) is 24.7. The third-order valence-corrected chi connectivity index (χ3v) is 2.20. The number of pyridine rings is 1. The number of hydrogen-bond donors (Lipinski definition) is 2. The molecule has 0 aliphatic carbocycles. The number of nitro groups is 1. The van der Waals surface area contributed by atoms with Gasteiger partial charge in [-0.05, 0) is 13.8 Å². The molecule has 7 nitrogen and oxygen atoms in total. The molecule has 0 saturated heterocycles. The van der Waals surface area contributed by atoms with E-state index in [1.165, 1.54) is 20.0 Å². The van der Waals surface area contributed by atoms with Crippen molar-refractivity contribution < 1.29 is 14.8 Å². The van der Waals surface area contributed by atoms with Gasteiger partial charge in [0.2, 0.25) is 5.82 Å². The van der Waals surface area contributed by atoms with E-state index in [9.17, 15) is 14.9 Å². The van der Waals surface area contributed by atoms with Crippen LogP contribution in [-0.4, -0.2) is 26.5 Å². The zero-order valence-corrected chi connectivity index (χ0v) is 9.85. The summed E-state index contributed by atoms with van der Waals surface area (Å²) >= 11 is 5.58. The molecule has 0 aromatic carbocycles. The van der Waals surface area contributed by atoms with E-state index in [0.29, 0.717) is 0 Å². The summed E-state index contributed by atoms with van der Waals surface area (Å²) in [6.45, 7) is 2.74.